The number of hydrogen-bond acceptors (Lipinski definition) is 12. The van der Waals surface area contributed by atoms with Crippen LogP contribution in [0.25, 0.3) is 0 Å². The highest BCUT2D eigenvalue weighted by atomic mass is 31.2. The predicted molar refractivity (Wildman–Crippen MR) is 270 cm³/mol. The molecule has 7 atom stereocenters. The number of esters is 3. The molecule has 1 saturated heterocycles. The summed E-state index contributed by atoms with van der Waals surface area (Å²) in [7, 11) is -4.20. The molecule has 0 bridgehead atoms. The average Bonchev–Trinajstić information content (AvgIpc) is 3.30. The first kappa shape index (κ1) is 64.9. The summed E-state index contributed by atoms with van der Waals surface area (Å²) in [6.45, 7) is 5.93. The third kappa shape index (κ3) is 35.6. The van der Waals surface area contributed by atoms with E-state index in [1.54, 1.807) is 0 Å². The van der Waals surface area contributed by atoms with Crippen LogP contribution in [0.5, 0.6) is 0 Å². The zero-order chi connectivity index (χ0) is 51.0. The van der Waals surface area contributed by atoms with Crippen molar-refractivity contribution in [3.63, 3.8) is 0 Å². The molecule has 69 heavy (non-hydrogen) atoms. The van der Waals surface area contributed by atoms with Crippen molar-refractivity contribution in [2.45, 2.75) is 295 Å². The Labute approximate surface area is 417 Å². The zero-order valence-corrected chi connectivity index (χ0v) is 44.6. The third-order valence-corrected chi connectivity index (χ3v) is 13.9. The third-order valence-electron chi connectivity index (χ3n) is 13.4. The molecule has 0 saturated carbocycles. The Morgan fingerprint density at radius 2 is 0.971 bits per heavy atom. The van der Waals surface area contributed by atoms with Crippen molar-refractivity contribution in [1.82, 2.24) is 5.32 Å². The number of amides is 1. The molecule has 0 aromatic heterocycles. The van der Waals surface area contributed by atoms with E-state index in [-0.39, 0.29) is 31.6 Å². The van der Waals surface area contributed by atoms with Gasteiger partial charge in [-0.1, -0.05) is 213 Å². The first-order valence-corrected chi connectivity index (χ1v) is 29.2. The fraction of sp³-hybridized carbons (Fsp3) is 0.925. The van der Waals surface area contributed by atoms with Gasteiger partial charge in [0.1, 0.15) is 24.9 Å². The van der Waals surface area contributed by atoms with Gasteiger partial charge in [0.05, 0.1) is 32.5 Å². The second-order valence-corrected chi connectivity index (χ2v) is 21.0. The van der Waals surface area contributed by atoms with E-state index in [1.165, 1.54) is 136 Å². The van der Waals surface area contributed by atoms with Crippen LogP contribution in [0.15, 0.2) is 0 Å². The Kier molecular flexibility index (Phi) is 39.9. The molecule has 406 valence electrons. The number of aliphatic hydroxyl groups excluding tert-OH is 2. The highest BCUT2D eigenvalue weighted by Gasteiger charge is 2.52. The van der Waals surface area contributed by atoms with Gasteiger partial charge in [-0.05, 0) is 25.2 Å². The lowest BCUT2D eigenvalue weighted by atomic mass is 9.91. The van der Waals surface area contributed by atoms with Crippen molar-refractivity contribution in [3.05, 3.63) is 0 Å². The minimum Gasteiger partial charge on any atom is -0.469 e. The molecule has 0 aromatic rings. The van der Waals surface area contributed by atoms with Gasteiger partial charge in [0.2, 0.25) is 5.91 Å². The number of methoxy groups -OCH3 is 1. The standard InChI is InChI=1S/C53H100NO14P/c1-5-8-11-14-17-20-21-22-25-27-30-33-36-43(35-32-29-26-23-18-15-12-9-6-2)40-49(59)67-52-50(54-46(56)41-44(55)37-34-31-28-24-19-16-13-10-7-3)53(60)66-45(51(52)68-69(61,62)63)42-65-48(58)39-38-47(57)64-4/h43-45,50-53,55,60H,5-42H2,1-4H3,(H,54,56)(H2,61,62,63)/t43?,44-,45-,50-,51-,52-,53?/m1/s1. The van der Waals surface area contributed by atoms with Crippen molar-refractivity contribution in [3.8, 4) is 0 Å². The van der Waals surface area contributed by atoms with Crippen LogP contribution >= 0.6 is 7.82 Å². The molecule has 16 heteroatoms. The monoisotopic (exact) mass is 1010 g/mol. The minimum absolute atomic E-state index is 0.00354. The van der Waals surface area contributed by atoms with Crippen LogP contribution in [0, 0.1) is 5.92 Å². The average molecular weight is 1010 g/mol. The van der Waals surface area contributed by atoms with E-state index in [0.717, 1.165) is 77.0 Å². The number of hydrogen-bond donors (Lipinski definition) is 5. The number of phosphoric acid groups is 1. The van der Waals surface area contributed by atoms with Crippen LogP contribution in [0.4, 0.5) is 0 Å². The molecule has 1 amide bonds. The maximum Gasteiger partial charge on any atom is 0.470 e. The van der Waals surface area contributed by atoms with Gasteiger partial charge in [0.25, 0.3) is 0 Å². The van der Waals surface area contributed by atoms with Crippen LogP contribution < -0.4 is 5.32 Å². The Bertz CT molecular complexity index is 1350. The van der Waals surface area contributed by atoms with Gasteiger partial charge in [-0.2, -0.15) is 0 Å². The van der Waals surface area contributed by atoms with Crippen LogP contribution in [-0.2, 0) is 47.2 Å². The molecule has 0 spiro atoms. The van der Waals surface area contributed by atoms with Gasteiger partial charge < -0.3 is 44.3 Å². The summed E-state index contributed by atoms with van der Waals surface area (Å²) in [5.41, 5.74) is 0. The highest BCUT2D eigenvalue weighted by molar-refractivity contribution is 7.46. The highest BCUT2D eigenvalue weighted by Crippen LogP contribution is 2.42. The van der Waals surface area contributed by atoms with E-state index in [1.807, 2.05) is 0 Å². The molecule has 0 aromatic carbocycles. The summed E-state index contributed by atoms with van der Waals surface area (Å²) in [5, 5.41) is 24.7. The van der Waals surface area contributed by atoms with E-state index >= 15 is 0 Å². The smallest absolute Gasteiger partial charge is 0.469 e. The summed E-state index contributed by atoms with van der Waals surface area (Å²) < 4.78 is 39.2. The Hall–Kier alpha value is -2.13. The van der Waals surface area contributed by atoms with Gasteiger partial charge in [-0.15, -0.1) is 0 Å². The first-order valence-electron chi connectivity index (χ1n) is 27.7. The number of nitrogens with one attached hydrogen (secondary N) is 1. The normalized spacial score (nSPS) is 19.2. The van der Waals surface area contributed by atoms with Crippen LogP contribution in [0.2, 0.25) is 0 Å². The van der Waals surface area contributed by atoms with Crippen molar-refractivity contribution < 1.29 is 67.2 Å². The van der Waals surface area contributed by atoms with Gasteiger partial charge in [-0.25, -0.2) is 4.57 Å². The lowest BCUT2D eigenvalue weighted by Crippen LogP contribution is -2.66. The molecule has 1 heterocycles. The summed E-state index contributed by atoms with van der Waals surface area (Å²) >= 11 is 0. The summed E-state index contributed by atoms with van der Waals surface area (Å²) in [6, 6.07) is -1.57. The Balaban J connectivity index is 3.15. The number of ether oxygens (including phenoxy) is 4. The number of aliphatic hydroxyl groups is 2. The summed E-state index contributed by atoms with van der Waals surface area (Å²) in [6.07, 6.45) is 27.8. The molecule has 1 aliphatic heterocycles. The Morgan fingerprint density at radius 1 is 0.565 bits per heavy atom. The summed E-state index contributed by atoms with van der Waals surface area (Å²) in [5.74, 6) is -2.96. The van der Waals surface area contributed by atoms with Crippen molar-refractivity contribution in [1.29, 1.82) is 0 Å². The second kappa shape index (κ2) is 42.4. The van der Waals surface area contributed by atoms with Crippen LogP contribution in [0.3, 0.4) is 0 Å². The van der Waals surface area contributed by atoms with E-state index < -0.39 is 75.0 Å². The quantitative estimate of drug-likeness (QED) is 0.0166. The van der Waals surface area contributed by atoms with Gasteiger partial charge in [-0.3, -0.25) is 23.7 Å². The number of unbranched alkanes of at least 4 members (excludes halogenated alkanes) is 27. The number of phosphoric ester groups is 1. The molecule has 15 nitrogen and oxygen atoms in total. The molecule has 5 N–H and O–H groups in total. The van der Waals surface area contributed by atoms with Crippen molar-refractivity contribution in [2.24, 2.45) is 5.92 Å². The Morgan fingerprint density at radius 3 is 1.39 bits per heavy atom. The number of carbonyl (C=O) groups is 4. The topological polar surface area (TPSA) is 224 Å². The first-order chi connectivity index (χ1) is 33.2. The van der Waals surface area contributed by atoms with E-state index in [9.17, 15) is 43.7 Å². The maximum atomic E-state index is 14.1. The number of carbonyl (C=O) groups excluding carboxylic acids is 4. The fourth-order valence-electron chi connectivity index (χ4n) is 9.24. The molecule has 1 rings (SSSR count). The predicted octanol–water partition coefficient (Wildman–Crippen LogP) is 11.8. The summed E-state index contributed by atoms with van der Waals surface area (Å²) in [4.78, 5) is 71.9. The van der Waals surface area contributed by atoms with E-state index in [2.05, 4.69) is 30.8 Å². The molecular formula is C53H100NO14P. The van der Waals surface area contributed by atoms with E-state index in [0.29, 0.717) is 6.42 Å². The van der Waals surface area contributed by atoms with Gasteiger partial charge in [0.15, 0.2) is 12.4 Å². The van der Waals surface area contributed by atoms with Crippen LogP contribution in [0.1, 0.15) is 258 Å². The van der Waals surface area contributed by atoms with Gasteiger partial charge >= 0.3 is 25.7 Å². The van der Waals surface area contributed by atoms with Gasteiger partial charge in [0, 0.05) is 6.42 Å². The molecule has 0 radical (unpaired) electrons. The zero-order valence-electron chi connectivity index (χ0n) is 43.7. The lowest BCUT2D eigenvalue weighted by Gasteiger charge is -2.44. The largest absolute Gasteiger partial charge is 0.470 e. The molecule has 0 aliphatic carbocycles. The maximum absolute atomic E-state index is 14.1. The van der Waals surface area contributed by atoms with E-state index in [4.69, 9.17) is 18.7 Å². The lowest BCUT2D eigenvalue weighted by molar-refractivity contribution is -0.257. The van der Waals surface area contributed by atoms with Crippen molar-refractivity contribution in [2.75, 3.05) is 13.7 Å². The SMILES string of the molecule is CCCCCCCCCCCCCCC(CCCCCCCCCCC)CC(=O)O[C@H]1[C@H](OP(=O)(O)O)[C@@H](COC(=O)CCC(=O)OC)OC(O)[C@@H]1NC(=O)C[C@H](O)CCCCCCCCCCC. The van der Waals surface area contributed by atoms with Crippen LogP contribution in [-0.4, -0.2) is 94.3 Å². The van der Waals surface area contributed by atoms with Crippen molar-refractivity contribution >= 4 is 31.6 Å². The minimum atomic E-state index is -5.37. The molecule has 2 unspecified atom stereocenters. The number of rotatable bonds is 46. The fourth-order valence-corrected chi connectivity index (χ4v) is 9.81. The molecular weight excluding hydrogens is 906 g/mol. The molecule has 1 fully saturated rings. The molecule has 1 aliphatic rings. The second-order valence-electron chi connectivity index (χ2n) is 19.8.